The minimum absolute atomic E-state index is 0.653. The molecule has 0 aliphatic heterocycles. The van der Waals surface area contributed by atoms with Gasteiger partial charge in [0.15, 0.2) is 0 Å². The van der Waals surface area contributed by atoms with Gasteiger partial charge in [-0.05, 0) is 49.2 Å². The molecule has 0 aliphatic carbocycles. The molecule has 2 heterocycles. The van der Waals surface area contributed by atoms with E-state index in [2.05, 4.69) is 4.98 Å². The van der Waals surface area contributed by atoms with Crippen LogP contribution in [0.15, 0.2) is 36.5 Å². The molecule has 0 saturated heterocycles. The van der Waals surface area contributed by atoms with Gasteiger partial charge in [0.1, 0.15) is 17.2 Å². The van der Waals surface area contributed by atoms with Gasteiger partial charge in [-0.1, -0.05) is 17.7 Å². The van der Waals surface area contributed by atoms with Crippen molar-refractivity contribution in [3.8, 4) is 11.3 Å². The summed E-state index contributed by atoms with van der Waals surface area (Å²) < 4.78 is 1.90. The standard InChI is InChI=1S/C15H14ClN3/c1-9-5-6-19-13(7-9)18-14(15(19)17)12-4-3-11(16)8-10(12)2/h3-8H,17H2,1-2H3. The monoisotopic (exact) mass is 271 g/mol. The molecule has 3 nitrogen and oxygen atoms in total. The van der Waals surface area contributed by atoms with Gasteiger partial charge >= 0.3 is 0 Å². The van der Waals surface area contributed by atoms with E-state index in [1.54, 1.807) is 0 Å². The predicted octanol–water partition coefficient (Wildman–Crippen LogP) is 3.85. The van der Waals surface area contributed by atoms with Crippen molar-refractivity contribution >= 4 is 23.1 Å². The summed E-state index contributed by atoms with van der Waals surface area (Å²) in [5.74, 6) is 0.653. The van der Waals surface area contributed by atoms with Gasteiger partial charge in [-0.25, -0.2) is 4.98 Å². The van der Waals surface area contributed by atoms with E-state index in [9.17, 15) is 0 Å². The van der Waals surface area contributed by atoms with Gasteiger partial charge in [-0.2, -0.15) is 0 Å². The molecule has 0 aliphatic rings. The lowest BCUT2D eigenvalue weighted by molar-refractivity contribution is 1.18. The molecule has 3 aromatic rings. The number of imidazole rings is 1. The molecule has 2 aromatic heterocycles. The summed E-state index contributed by atoms with van der Waals surface area (Å²) in [6, 6.07) is 9.78. The zero-order chi connectivity index (χ0) is 13.6. The second-order valence-electron chi connectivity index (χ2n) is 4.74. The zero-order valence-electron chi connectivity index (χ0n) is 10.8. The number of rotatable bonds is 1. The second-order valence-corrected chi connectivity index (χ2v) is 5.17. The van der Waals surface area contributed by atoms with E-state index in [0.29, 0.717) is 5.82 Å². The van der Waals surface area contributed by atoms with Gasteiger partial charge in [0, 0.05) is 16.8 Å². The third-order valence-electron chi connectivity index (χ3n) is 3.26. The summed E-state index contributed by atoms with van der Waals surface area (Å²) in [5, 5.41) is 0.722. The maximum Gasteiger partial charge on any atom is 0.139 e. The number of aryl methyl sites for hydroxylation is 2. The highest BCUT2D eigenvalue weighted by molar-refractivity contribution is 6.30. The smallest absolute Gasteiger partial charge is 0.139 e. The molecular formula is C15H14ClN3. The lowest BCUT2D eigenvalue weighted by Crippen LogP contribution is -1.94. The van der Waals surface area contributed by atoms with Crippen LogP contribution in [0.4, 0.5) is 5.82 Å². The average Bonchev–Trinajstić information content (AvgIpc) is 2.66. The van der Waals surface area contributed by atoms with E-state index in [1.807, 2.05) is 54.8 Å². The van der Waals surface area contributed by atoms with Crippen molar-refractivity contribution in [2.24, 2.45) is 0 Å². The summed E-state index contributed by atoms with van der Waals surface area (Å²) in [5.41, 5.74) is 11.1. The van der Waals surface area contributed by atoms with Crippen molar-refractivity contribution in [3.63, 3.8) is 0 Å². The number of pyridine rings is 1. The van der Waals surface area contributed by atoms with Crippen LogP contribution in [0, 0.1) is 13.8 Å². The average molecular weight is 272 g/mol. The Bertz CT molecular complexity index is 774. The number of anilines is 1. The SMILES string of the molecule is Cc1ccn2c(N)c(-c3ccc(Cl)cc3C)nc2c1. The van der Waals surface area contributed by atoms with Gasteiger partial charge in [-0.15, -0.1) is 0 Å². The number of benzene rings is 1. The molecule has 4 heteroatoms. The molecule has 19 heavy (non-hydrogen) atoms. The molecule has 1 aromatic carbocycles. The molecule has 0 unspecified atom stereocenters. The van der Waals surface area contributed by atoms with Crippen LogP contribution in [-0.4, -0.2) is 9.38 Å². The number of hydrogen-bond acceptors (Lipinski definition) is 2. The second kappa shape index (κ2) is 4.28. The number of aromatic nitrogens is 2. The van der Waals surface area contributed by atoms with Gasteiger partial charge in [0.05, 0.1) is 0 Å². The van der Waals surface area contributed by atoms with Crippen molar-refractivity contribution < 1.29 is 0 Å². The van der Waals surface area contributed by atoms with Crippen LogP contribution in [0.2, 0.25) is 5.02 Å². The number of fused-ring (bicyclic) bond motifs is 1. The number of halogens is 1. The first kappa shape index (κ1) is 12.1. The third kappa shape index (κ3) is 1.96. The highest BCUT2D eigenvalue weighted by Gasteiger charge is 2.13. The van der Waals surface area contributed by atoms with Gasteiger partial charge in [0.25, 0.3) is 0 Å². The quantitative estimate of drug-likeness (QED) is 0.730. The molecule has 0 spiro atoms. The molecule has 0 radical (unpaired) electrons. The molecule has 0 fully saturated rings. The summed E-state index contributed by atoms with van der Waals surface area (Å²) in [4.78, 5) is 4.63. The molecule has 0 atom stereocenters. The minimum atomic E-state index is 0.653. The van der Waals surface area contributed by atoms with Crippen molar-refractivity contribution in [2.75, 3.05) is 5.73 Å². The lowest BCUT2D eigenvalue weighted by Gasteiger charge is -2.04. The molecule has 2 N–H and O–H groups in total. The maximum absolute atomic E-state index is 6.20. The molecule has 0 amide bonds. The Morgan fingerprint density at radius 3 is 2.68 bits per heavy atom. The Morgan fingerprint density at radius 2 is 1.95 bits per heavy atom. The van der Waals surface area contributed by atoms with Crippen LogP contribution >= 0.6 is 11.6 Å². The van der Waals surface area contributed by atoms with Gasteiger partial charge in [-0.3, -0.25) is 4.40 Å². The minimum Gasteiger partial charge on any atom is -0.383 e. The van der Waals surface area contributed by atoms with E-state index < -0.39 is 0 Å². The normalized spacial score (nSPS) is 11.1. The van der Waals surface area contributed by atoms with Crippen LogP contribution in [-0.2, 0) is 0 Å². The van der Waals surface area contributed by atoms with E-state index >= 15 is 0 Å². The van der Waals surface area contributed by atoms with Crippen molar-refractivity contribution in [1.29, 1.82) is 0 Å². The summed E-state index contributed by atoms with van der Waals surface area (Å²) in [6.07, 6.45) is 1.95. The molecule has 0 bridgehead atoms. The van der Waals surface area contributed by atoms with Gasteiger partial charge < -0.3 is 5.73 Å². The molecule has 3 rings (SSSR count). The van der Waals surface area contributed by atoms with Crippen LogP contribution in [0.1, 0.15) is 11.1 Å². The third-order valence-corrected chi connectivity index (χ3v) is 3.50. The van der Waals surface area contributed by atoms with Gasteiger partial charge in [0.2, 0.25) is 0 Å². The maximum atomic E-state index is 6.20. The van der Waals surface area contributed by atoms with E-state index in [1.165, 1.54) is 0 Å². The fourth-order valence-corrected chi connectivity index (χ4v) is 2.48. The van der Waals surface area contributed by atoms with Crippen LogP contribution in [0.25, 0.3) is 16.9 Å². The van der Waals surface area contributed by atoms with Crippen molar-refractivity contribution in [1.82, 2.24) is 9.38 Å². The fourth-order valence-electron chi connectivity index (χ4n) is 2.26. The topological polar surface area (TPSA) is 43.3 Å². The largest absolute Gasteiger partial charge is 0.383 e. The molecule has 96 valence electrons. The first-order chi connectivity index (χ1) is 9.06. The lowest BCUT2D eigenvalue weighted by atomic mass is 10.1. The number of nitrogen functional groups attached to an aromatic ring is 1. The predicted molar refractivity (Wildman–Crippen MR) is 79.5 cm³/mol. The van der Waals surface area contributed by atoms with Crippen LogP contribution in [0.5, 0.6) is 0 Å². The molecule has 0 saturated carbocycles. The summed E-state index contributed by atoms with van der Waals surface area (Å²) in [7, 11) is 0. The highest BCUT2D eigenvalue weighted by atomic mass is 35.5. The van der Waals surface area contributed by atoms with Crippen molar-refractivity contribution in [2.45, 2.75) is 13.8 Å². The Morgan fingerprint density at radius 1 is 1.16 bits per heavy atom. The van der Waals surface area contributed by atoms with Crippen LogP contribution in [0.3, 0.4) is 0 Å². The first-order valence-electron chi connectivity index (χ1n) is 6.07. The fraction of sp³-hybridized carbons (Fsp3) is 0.133. The van der Waals surface area contributed by atoms with E-state index in [0.717, 1.165) is 33.1 Å². The summed E-state index contributed by atoms with van der Waals surface area (Å²) >= 11 is 5.99. The molecular weight excluding hydrogens is 258 g/mol. The van der Waals surface area contributed by atoms with E-state index in [4.69, 9.17) is 17.3 Å². The Hall–Kier alpha value is -2.00. The Balaban J connectivity index is 2.27. The Kier molecular flexibility index (Phi) is 2.72. The van der Waals surface area contributed by atoms with E-state index in [-0.39, 0.29) is 0 Å². The summed E-state index contributed by atoms with van der Waals surface area (Å²) in [6.45, 7) is 4.05. The Labute approximate surface area is 116 Å². The van der Waals surface area contributed by atoms with Crippen LogP contribution < -0.4 is 5.73 Å². The zero-order valence-corrected chi connectivity index (χ0v) is 11.6. The highest BCUT2D eigenvalue weighted by Crippen LogP contribution is 2.30. The van der Waals surface area contributed by atoms with Crippen molar-refractivity contribution in [3.05, 3.63) is 52.7 Å². The number of nitrogens with two attached hydrogens (primary N) is 1. The number of hydrogen-bond donors (Lipinski definition) is 1. The first-order valence-corrected chi connectivity index (χ1v) is 6.45. The number of nitrogens with zero attached hydrogens (tertiary/aromatic N) is 2.